The van der Waals surface area contributed by atoms with Gasteiger partial charge in [-0.25, -0.2) is 0 Å². The maximum Gasteiger partial charge on any atom is 0.0314 e. The summed E-state index contributed by atoms with van der Waals surface area (Å²) in [6.45, 7) is 8.98. The minimum Gasteiger partial charge on any atom is -0.399 e. The molecule has 0 saturated carbocycles. The SMILES string of the molecule is CC(C)C(C)CNCCc1ccc(N)cc1. The summed E-state index contributed by atoms with van der Waals surface area (Å²) in [5, 5.41) is 3.50. The third-order valence-corrected chi connectivity index (χ3v) is 3.17. The molecule has 0 saturated heterocycles. The molecule has 90 valence electrons. The Hall–Kier alpha value is -1.02. The van der Waals surface area contributed by atoms with Crippen molar-refractivity contribution in [3.05, 3.63) is 29.8 Å². The second-order valence-electron chi connectivity index (χ2n) is 4.92. The molecular weight excluding hydrogens is 196 g/mol. The molecule has 0 aromatic heterocycles. The summed E-state index contributed by atoms with van der Waals surface area (Å²) in [7, 11) is 0. The molecule has 0 aliphatic heterocycles. The topological polar surface area (TPSA) is 38.0 Å². The van der Waals surface area contributed by atoms with Gasteiger partial charge < -0.3 is 11.1 Å². The lowest BCUT2D eigenvalue weighted by Crippen LogP contribution is -2.26. The van der Waals surface area contributed by atoms with E-state index in [1.807, 2.05) is 12.1 Å². The van der Waals surface area contributed by atoms with Crippen molar-refractivity contribution in [2.45, 2.75) is 27.2 Å². The molecule has 3 N–H and O–H groups in total. The van der Waals surface area contributed by atoms with Crippen LogP contribution in [0.3, 0.4) is 0 Å². The first kappa shape index (κ1) is 13.0. The lowest BCUT2D eigenvalue weighted by atomic mass is 9.98. The number of hydrogen-bond donors (Lipinski definition) is 2. The first-order chi connectivity index (χ1) is 7.59. The third-order valence-electron chi connectivity index (χ3n) is 3.17. The van der Waals surface area contributed by atoms with Crippen LogP contribution in [-0.2, 0) is 6.42 Å². The normalized spacial score (nSPS) is 13.0. The quantitative estimate of drug-likeness (QED) is 0.571. The number of nitrogen functional groups attached to an aromatic ring is 1. The standard InChI is InChI=1S/C14H24N2/c1-11(2)12(3)10-16-9-8-13-4-6-14(15)7-5-13/h4-7,11-12,16H,8-10,15H2,1-3H3. The van der Waals surface area contributed by atoms with Crippen molar-refractivity contribution in [2.24, 2.45) is 11.8 Å². The van der Waals surface area contributed by atoms with E-state index in [4.69, 9.17) is 5.73 Å². The minimum atomic E-state index is 0.742. The van der Waals surface area contributed by atoms with Gasteiger partial charge in [-0.1, -0.05) is 32.9 Å². The Morgan fingerprint density at radius 1 is 1.12 bits per heavy atom. The summed E-state index contributed by atoms with van der Waals surface area (Å²) in [5.74, 6) is 1.50. The molecule has 0 aliphatic rings. The van der Waals surface area contributed by atoms with E-state index >= 15 is 0 Å². The van der Waals surface area contributed by atoms with Crippen molar-refractivity contribution in [3.63, 3.8) is 0 Å². The van der Waals surface area contributed by atoms with Crippen LogP contribution >= 0.6 is 0 Å². The van der Waals surface area contributed by atoms with E-state index < -0.39 is 0 Å². The minimum absolute atomic E-state index is 0.742. The fraction of sp³-hybridized carbons (Fsp3) is 0.571. The Labute approximate surface area is 99.2 Å². The summed E-state index contributed by atoms with van der Waals surface area (Å²) in [4.78, 5) is 0. The molecule has 16 heavy (non-hydrogen) atoms. The molecule has 0 spiro atoms. The van der Waals surface area contributed by atoms with Gasteiger partial charge in [-0.2, -0.15) is 0 Å². The highest BCUT2D eigenvalue weighted by Gasteiger charge is 2.05. The Bertz CT molecular complexity index is 290. The monoisotopic (exact) mass is 220 g/mol. The number of benzene rings is 1. The Morgan fingerprint density at radius 3 is 2.31 bits per heavy atom. The summed E-state index contributed by atoms with van der Waals surface area (Å²) in [5.41, 5.74) is 7.82. The first-order valence-corrected chi connectivity index (χ1v) is 6.14. The summed E-state index contributed by atoms with van der Waals surface area (Å²) >= 11 is 0. The molecule has 1 unspecified atom stereocenters. The maximum absolute atomic E-state index is 5.64. The van der Waals surface area contributed by atoms with E-state index in [1.165, 1.54) is 5.56 Å². The van der Waals surface area contributed by atoms with Crippen LogP contribution in [0.5, 0.6) is 0 Å². The van der Waals surface area contributed by atoms with Crippen LogP contribution in [-0.4, -0.2) is 13.1 Å². The lowest BCUT2D eigenvalue weighted by molar-refractivity contribution is 0.394. The number of nitrogens with two attached hydrogens (primary N) is 1. The van der Waals surface area contributed by atoms with Gasteiger partial charge >= 0.3 is 0 Å². The molecule has 0 radical (unpaired) electrons. The van der Waals surface area contributed by atoms with Crippen LogP contribution < -0.4 is 11.1 Å². The van der Waals surface area contributed by atoms with Gasteiger partial charge in [-0.05, 0) is 49.0 Å². The van der Waals surface area contributed by atoms with Crippen LogP contribution in [0.4, 0.5) is 5.69 Å². The predicted octanol–water partition coefficient (Wildman–Crippen LogP) is 2.69. The smallest absolute Gasteiger partial charge is 0.0314 e. The van der Waals surface area contributed by atoms with Crippen molar-refractivity contribution in [2.75, 3.05) is 18.8 Å². The zero-order valence-electron chi connectivity index (χ0n) is 10.7. The number of rotatable bonds is 6. The zero-order valence-corrected chi connectivity index (χ0v) is 10.7. The van der Waals surface area contributed by atoms with E-state index in [9.17, 15) is 0 Å². The Morgan fingerprint density at radius 2 is 1.75 bits per heavy atom. The summed E-state index contributed by atoms with van der Waals surface area (Å²) in [6, 6.07) is 8.13. The maximum atomic E-state index is 5.64. The number of hydrogen-bond acceptors (Lipinski definition) is 2. The van der Waals surface area contributed by atoms with Crippen LogP contribution in [0.25, 0.3) is 0 Å². The Kier molecular flexibility index (Phi) is 5.33. The number of nitrogens with one attached hydrogen (secondary N) is 1. The highest BCUT2D eigenvalue weighted by molar-refractivity contribution is 5.39. The van der Waals surface area contributed by atoms with Gasteiger partial charge in [0, 0.05) is 5.69 Å². The summed E-state index contributed by atoms with van der Waals surface area (Å²) < 4.78 is 0. The third kappa shape index (κ3) is 4.67. The van der Waals surface area contributed by atoms with E-state index in [-0.39, 0.29) is 0 Å². The molecule has 1 aromatic carbocycles. The molecule has 1 aromatic rings. The molecule has 0 bridgehead atoms. The average Bonchev–Trinajstić information content (AvgIpc) is 2.26. The van der Waals surface area contributed by atoms with Crippen LogP contribution in [0.2, 0.25) is 0 Å². The van der Waals surface area contributed by atoms with Crippen molar-refractivity contribution in [1.82, 2.24) is 5.32 Å². The van der Waals surface area contributed by atoms with E-state index in [0.29, 0.717) is 0 Å². The lowest BCUT2D eigenvalue weighted by Gasteiger charge is -2.16. The van der Waals surface area contributed by atoms with Gasteiger partial charge in [-0.15, -0.1) is 0 Å². The average molecular weight is 220 g/mol. The molecule has 1 rings (SSSR count). The fourth-order valence-corrected chi connectivity index (χ4v) is 1.48. The highest BCUT2D eigenvalue weighted by Crippen LogP contribution is 2.08. The predicted molar refractivity (Wildman–Crippen MR) is 71.4 cm³/mol. The van der Waals surface area contributed by atoms with Gasteiger partial charge in [0.05, 0.1) is 0 Å². The summed E-state index contributed by atoms with van der Waals surface area (Å²) in [6.07, 6.45) is 1.07. The molecule has 0 aliphatic carbocycles. The van der Waals surface area contributed by atoms with Crippen molar-refractivity contribution < 1.29 is 0 Å². The van der Waals surface area contributed by atoms with Crippen molar-refractivity contribution in [1.29, 1.82) is 0 Å². The molecule has 2 nitrogen and oxygen atoms in total. The van der Waals surface area contributed by atoms with Gasteiger partial charge in [0.1, 0.15) is 0 Å². The number of anilines is 1. The molecule has 2 heteroatoms. The second-order valence-corrected chi connectivity index (χ2v) is 4.92. The van der Waals surface area contributed by atoms with E-state index in [1.54, 1.807) is 0 Å². The van der Waals surface area contributed by atoms with Gasteiger partial charge in [0.2, 0.25) is 0 Å². The fourth-order valence-electron chi connectivity index (χ4n) is 1.48. The van der Waals surface area contributed by atoms with E-state index in [0.717, 1.165) is 37.0 Å². The largest absolute Gasteiger partial charge is 0.399 e. The van der Waals surface area contributed by atoms with Gasteiger partial charge in [0.25, 0.3) is 0 Å². The molecule has 1 atom stereocenters. The highest BCUT2D eigenvalue weighted by atomic mass is 14.8. The Balaban J connectivity index is 2.18. The van der Waals surface area contributed by atoms with Crippen molar-refractivity contribution >= 4 is 5.69 Å². The molecule has 0 fully saturated rings. The van der Waals surface area contributed by atoms with E-state index in [2.05, 4.69) is 38.2 Å². The van der Waals surface area contributed by atoms with Crippen LogP contribution in [0.15, 0.2) is 24.3 Å². The first-order valence-electron chi connectivity index (χ1n) is 6.14. The van der Waals surface area contributed by atoms with Crippen LogP contribution in [0, 0.1) is 11.8 Å². The van der Waals surface area contributed by atoms with Crippen molar-refractivity contribution in [3.8, 4) is 0 Å². The van der Waals surface area contributed by atoms with Crippen LogP contribution in [0.1, 0.15) is 26.3 Å². The molecule has 0 amide bonds. The molecular formula is C14H24N2. The van der Waals surface area contributed by atoms with Gasteiger partial charge in [-0.3, -0.25) is 0 Å². The van der Waals surface area contributed by atoms with Gasteiger partial charge in [0.15, 0.2) is 0 Å². The molecule has 0 heterocycles. The zero-order chi connectivity index (χ0) is 12.0. The second kappa shape index (κ2) is 6.54.